The molecule has 3 rings (SSSR count). The van der Waals surface area contributed by atoms with Crippen LogP contribution < -0.4 is 0 Å². The average molecular weight is 263 g/mol. The van der Waals surface area contributed by atoms with E-state index in [0.29, 0.717) is 11.6 Å². The Morgan fingerprint density at radius 1 is 1.32 bits per heavy atom. The fourth-order valence-corrected chi connectivity index (χ4v) is 2.50. The molecule has 0 spiro atoms. The van der Waals surface area contributed by atoms with Crippen LogP contribution in [0.4, 0.5) is 8.78 Å². The van der Waals surface area contributed by atoms with Crippen LogP contribution in [0.15, 0.2) is 36.7 Å². The molecule has 0 bridgehead atoms. The summed E-state index contributed by atoms with van der Waals surface area (Å²) in [5, 5.41) is 4.19. The van der Waals surface area contributed by atoms with Crippen molar-refractivity contribution in [1.82, 2.24) is 14.7 Å². The fourth-order valence-electron chi connectivity index (χ4n) is 2.50. The Morgan fingerprint density at radius 2 is 2.11 bits per heavy atom. The predicted molar refractivity (Wildman–Crippen MR) is 67.6 cm³/mol. The van der Waals surface area contributed by atoms with E-state index >= 15 is 0 Å². The van der Waals surface area contributed by atoms with Crippen LogP contribution in [-0.4, -0.2) is 27.8 Å². The Kier molecular flexibility index (Phi) is 3.06. The van der Waals surface area contributed by atoms with Gasteiger partial charge in [0.25, 0.3) is 0 Å². The van der Waals surface area contributed by atoms with E-state index in [-0.39, 0.29) is 11.9 Å². The maximum Gasteiger partial charge on any atom is 0.128 e. The molecule has 1 fully saturated rings. The monoisotopic (exact) mass is 263 g/mol. The summed E-state index contributed by atoms with van der Waals surface area (Å²) in [6, 6.07) is 5.70. The second-order valence-corrected chi connectivity index (χ2v) is 4.94. The highest BCUT2D eigenvalue weighted by Gasteiger charge is 2.33. The molecule has 1 aromatic heterocycles. The van der Waals surface area contributed by atoms with Crippen molar-refractivity contribution in [1.29, 1.82) is 0 Å². The lowest BCUT2D eigenvalue weighted by molar-refractivity contribution is 0.0581. The Balaban J connectivity index is 1.69. The van der Waals surface area contributed by atoms with Gasteiger partial charge in [-0.05, 0) is 31.2 Å². The SMILES string of the molecule is C[C@@H](c1cc(F)ccc1F)N1CC(n2cccn2)C1. The maximum absolute atomic E-state index is 13.7. The number of hydrogen-bond donors (Lipinski definition) is 0. The third kappa shape index (κ3) is 2.26. The molecule has 1 atom stereocenters. The maximum atomic E-state index is 13.7. The highest BCUT2D eigenvalue weighted by Crippen LogP contribution is 2.31. The van der Waals surface area contributed by atoms with Crippen LogP contribution in [-0.2, 0) is 0 Å². The fraction of sp³-hybridized carbons (Fsp3) is 0.357. The minimum Gasteiger partial charge on any atom is -0.292 e. The first-order chi connectivity index (χ1) is 9.15. The molecule has 0 aliphatic carbocycles. The molecule has 1 aliphatic heterocycles. The molecular formula is C14H15F2N3. The Labute approximate surface area is 110 Å². The lowest BCUT2D eigenvalue weighted by Crippen LogP contribution is -2.48. The van der Waals surface area contributed by atoms with E-state index in [9.17, 15) is 8.78 Å². The summed E-state index contributed by atoms with van der Waals surface area (Å²) >= 11 is 0. The number of rotatable bonds is 3. The second-order valence-electron chi connectivity index (χ2n) is 4.94. The summed E-state index contributed by atoms with van der Waals surface area (Å²) in [6.45, 7) is 3.51. The molecule has 0 unspecified atom stereocenters. The van der Waals surface area contributed by atoms with E-state index in [2.05, 4.69) is 10.00 Å². The molecule has 1 aromatic carbocycles. The molecule has 5 heteroatoms. The number of aromatic nitrogens is 2. The van der Waals surface area contributed by atoms with Crippen LogP contribution in [0.3, 0.4) is 0 Å². The highest BCUT2D eigenvalue weighted by molar-refractivity contribution is 5.22. The lowest BCUT2D eigenvalue weighted by atomic mass is 10.00. The molecule has 1 saturated heterocycles. The van der Waals surface area contributed by atoms with Gasteiger partial charge in [0.05, 0.1) is 6.04 Å². The summed E-state index contributed by atoms with van der Waals surface area (Å²) in [5.74, 6) is -0.746. The Bertz CT molecular complexity index is 562. The molecule has 1 aliphatic rings. The van der Waals surface area contributed by atoms with Gasteiger partial charge >= 0.3 is 0 Å². The predicted octanol–water partition coefficient (Wildman–Crippen LogP) is 2.78. The smallest absolute Gasteiger partial charge is 0.128 e. The van der Waals surface area contributed by atoms with Crippen molar-refractivity contribution in [2.24, 2.45) is 0 Å². The average Bonchev–Trinajstić information content (AvgIpc) is 2.84. The van der Waals surface area contributed by atoms with Crippen molar-refractivity contribution in [2.45, 2.75) is 19.0 Å². The third-order valence-electron chi connectivity index (χ3n) is 3.75. The van der Waals surface area contributed by atoms with Gasteiger partial charge in [-0.3, -0.25) is 9.58 Å². The summed E-state index contributed by atoms with van der Waals surface area (Å²) in [4.78, 5) is 2.12. The van der Waals surface area contributed by atoms with Gasteiger partial charge in [-0.1, -0.05) is 0 Å². The van der Waals surface area contributed by atoms with Crippen LogP contribution in [0.2, 0.25) is 0 Å². The lowest BCUT2D eigenvalue weighted by Gasteiger charge is -2.43. The van der Waals surface area contributed by atoms with E-state index in [1.54, 1.807) is 6.20 Å². The standard InChI is InChI=1S/C14H15F2N3/c1-10(13-7-11(15)3-4-14(13)16)18-8-12(9-18)19-6-2-5-17-19/h2-7,10,12H,8-9H2,1H3/t10-/m0/s1. The zero-order valence-electron chi connectivity index (χ0n) is 10.6. The molecule has 0 amide bonds. The third-order valence-corrected chi connectivity index (χ3v) is 3.75. The van der Waals surface area contributed by atoms with Crippen molar-refractivity contribution < 1.29 is 8.78 Å². The first-order valence-corrected chi connectivity index (χ1v) is 6.33. The Morgan fingerprint density at radius 3 is 2.79 bits per heavy atom. The van der Waals surface area contributed by atoms with Crippen molar-refractivity contribution in [3.63, 3.8) is 0 Å². The van der Waals surface area contributed by atoms with Crippen molar-refractivity contribution in [2.75, 3.05) is 13.1 Å². The topological polar surface area (TPSA) is 21.1 Å². The zero-order valence-corrected chi connectivity index (χ0v) is 10.6. The van der Waals surface area contributed by atoms with E-state index < -0.39 is 5.82 Å². The molecule has 2 aromatic rings. The van der Waals surface area contributed by atoms with Gasteiger partial charge in [0.2, 0.25) is 0 Å². The number of hydrogen-bond acceptors (Lipinski definition) is 2. The van der Waals surface area contributed by atoms with Gasteiger partial charge in [0, 0.05) is 37.1 Å². The molecule has 100 valence electrons. The minimum absolute atomic E-state index is 0.123. The van der Waals surface area contributed by atoms with Crippen LogP contribution in [0.5, 0.6) is 0 Å². The summed E-state index contributed by atoms with van der Waals surface area (Å²) in [7, 11) is 0. The minimum atomic E-state index is -0.396. The molecule has 0 radical (unpaired) electrons. The van der Waals surface area contributed by atoms with E-state index in [0.717, 1.165) is 19.2 Å². The normalized spacial score (nSPS) is 18.3. The molecule has 0 saturated carbocycles. The quantitative estimate of drug-likeness (QED) is 0.849. The first kappa shape index (κ1) is 12.3. The van der Waals surface area contributed by atoms with Crippen LogP contribution in [0.1, 0.15) is 24.6 Å². The zero-order chi connectivity index (χ0) is 13.4. The van der Waals surface area contributed by atoms with E-state index in [4.69, 9.17) is 0 Å². The van der Waals surface area contributed by atoms with E-state index in [1.807, 2.05) is 23.9 Å². The van der Waals surface area contributed by atoms with Gasteiger partial charge in [-0.15, -0.1) is 0 Å². The van der Waals surface area contributed by atoms with Gasteiger partial charge in [-0.2, -0.15) is 5.10 Å². The van der Waals surface area contributed by atoms with E-state index in [1.165, 1.54) is 12.1 Å². The summed E-state index contributed by atoms with van der Waals surface area (Å²) < 4.78 is 28.8. The van der Waals surface area contributed by atoms with Gasteiger partial charge in [-0.25, -0.2) is 8.78 Å². The molecule has 3 nitrogen and oxygen atoms in total. The number of halogens is 2. The second kappa shape index (κ2) is 4.74. The molecule has 2 heterocycles. The first-order valence-electron chi connectivity index (χ1n) is 6.33. The van der Waals surface area contributed by atoms with Gasteiger partial charge in [0.1, 0.15) is 11.6 Å². The van der Waals surface area contributed by atoms with Gasteiger partial charge in [0.15, 0.2) is 0 Å². The number of nitrogens with zero attached hydrogens (tertiary/aromatic N) is 3. The molecule has 0 N–H and O–H groups in total. The van der Waals surface area contributed by atoms with Crippen molar-refractivity contribution >= 4 is 0 Å². The highest BCUT2D eigenvalue weighted by atomic mass is 19.1. The molecular weight excluding hydrogens is 248 g/mol. The largest absolute Gasteiger partial charge is 0.292 e. The van der Waals surface area contributed by atoms with Gasteiger partial charge < -0.3 is 0 Å². The summed E-state index contributed by atoms with van der Waals surface area (Å²) in [6.07, 6.45) is 3.67. The molecule has 19 heavy (non-hydrogen) atoms. The summed E-state index contributed by atoms with van der Waals surface area (Å²) in [5.41, 5.74) is 0.416. The van der Waals surface area contributed by atoms with Crippen LogP contribution in [0.25, 0.3) is 0 Å². The number of likely N-dealkylation sites (tertiary alicyclic amines) is 1. The van der Waals surface area contributed by atoms with Crippen LogP contribution in [0, 0.1) is 11.6 Å². The Hall–Kier alpha value is -1.75. The van der Waals surface area contributed by atoms with Crippen molar-refractivity contribution in [3.8, 4) is 0 Å². The van der Waals surface area contributed by atoms with Crippen LogP contribution >= 0.6 is 0 Å². The number of benzene rings is 1. The van der Waals surface area contributed by atoms with Crippen molar-refractivity contribution in [3.05, 3.63) is 53.9 Å².